The molecule has 0 bridgehead atoms. The lowest BCUT2D eigenvalue weighted by Crippen LogP contribution is -2.09. The van der Waals surface area contributed by atoms with Crippen LogP contribution in [-0.2, 0) is 4.74 Å². The normalized spacial score (nSPS) is 11.0. The summed E-state index contributed by atoms with van der Waals surface area (Å²) >= 11 is 12.1. The summed E-state index contributed by atoms with van der Waals surface area (Å²) in [6.45, 7) is 1.93. The number of rotatable bonds is 5. The number of benzene rings is 2. The molecule has 2 aromatic carbocycles. The van der Waals surface area contributed by atoms with Gasteiger partial charge >= 0.3 is 5.97 Å². The van der Waals surface area contributed by atoms with E-state index in [2.05, 4.69) is 0 Å². The minimum absolute atomic E-state index is 0.0907. The van der Waals surface area contributed by atoms with Crippen LogP contribution in [0.4, 0.5) is 8.78 Å². The fourth-order valence-corrected chi connectivity index (χ4v) is 4.05. The molecule has 0 saturated carbocycles. The second kappa shape index (κ2) is 8.73. The Bertz CT molecular complexity index is 1360. The highest BCUT2D eigenvalue weighted by molar-refractivity contribution is 6.41. The molecule has 8 heteroatoms. The van der Waals surface area contributed by atoms with E-state index in [-0.39, 0.29) is 28.5 Å². The van der Waals surface area contributed by atoms with Gasteiger partial charge in [0.1, 0.15) is 11.5 Å². The molecule has 0 atom stereocenters. The van der Waals surface area contributed by atoms with Gasteiger partial charge in [-0.25, -0.2) is 13.6 Å². The fraction of sp³-hybridized carbons (Fsp3) is 0.0833. The van der Waals surface area contributed by atoms with Gasteiger partial charge in [-0.1, -0.05) is 41.4 Å². The van der Waals surface area contributed by atoms with Crippen molar-refractivity contribution in [2.45, 2.75) is 6.92 Å². The van der Waals surface area contributed by atoms with Crippen molar-refractivity contribution >= 4 is 40.5 Å². The monoisotopic (exact) mass is 473 g/mol. The average molecular weight is 474 g/mol. The van der Waals surface area contributed by atoms with E-state index in [4.69, 9.17) is 27.9 Å². The number of fused-ring (bicyclic) bond motifs is 1. The summed E-state index contributed by atoms with van der Waals surface area (Å²) in [6, 6.07) is 13.4. The number of pyridine rings is 1. The van der Waals surface area contributed by atoms with Crippen LogP contribution in [0.3, 0.4) is 0 Å². The summed E-state index contributed by atoms with van der Waals surface area (Å²) in [5.74, 6) is -3.00. The Morgan fingerprint density at radius 3 is 2.41 bits per heavy atom. The number of esters is 1. The smallest absolute Gasteiger partial charge is 0.338 e. The molecule has 0 radical (unpaired) electrons. The zero-order valence-electron chi connectivity index (χ0n) is 16.7. The number of carbonyl (C=O) groups excluding carboxylic acids is 2. The molecule has 0 aliphatic heterocycles. The molecular formula is C24H15Cl2F2NO3. The Hall–Kier alpha value is -3.22. The Morgan fingerprint density at radius 2 is 1.72 bits per heavy atom. The molecule has 4 nitrogen and oxygen atoms in total. The van der Waals surface area contributed by atoms with Crippen LogP contribution in [0.25, 0.3) is 16.6 Å². The van der Waals surface area contributed by atoms with Crippen LogP contribution in [0.2, 0.25) is 10.0 Å². The van der Waals surface area contributed by atoms with Crippen LogP contribution in [0.5, 0.6) is 0 Å². The lowest BCUT2D eigenvalue weighted by Gasteiger charge is -2.07. The standard InChI is InChI=1S/C24H15Cl2F2NO3/c1-2-32-24(31)14-8-6-13(7-9-14)18-17-5-3-4-12-29(17)22(21(18)28)23(30)19-15(25)10-11-16(27)20(19)26/h3-12H,2H2,1H3. The van der Waals surface area contributed by atoms with Crippen LogP contribution in [-0.4, -0.2) is 22.8 Å². The van der Waals surface area contributed by atoms with Crippen molar-refractivity contribution in [1.82, 2.24) is 4.40 Å². The van der Waals surface area contributed by atoms with Crippen molar-refractivity contribution in [1.29, 1.82) is 0 Å². The first-order valence-electron chi connectivity index (χ1n) is 9.59. The Morgan fingerprint density at radius 1 is 1.00 bits per heavy atom. The van der Waals surface area contributed by atoms with Gasteiger partial charge in [0, 0.05) is 11.8 Å². The summed E-state index contributed by atoms with van der Waals surface area (Å²) in [5.41, 5.74) is 0.650. The largest absolute Gasteiger partial charge is 0.462 e. The first-order valence-corrected chi connectivity index (χ1v) is 10.3. The third-order valence-electron chi connectivity index (χ3n) is 4.96. The summed E-state index contributed by atoms with van der Waals surface area (Å²) in [5, 5.41) is -0.569. The minimum Gasteiger partial charge on any atom is -0.462 e. The van der Waals surface area contributed by atoms with E-state index in [1.54, 1.807) is 37.3 Å². The van der Waals surface area contributed by atoms with Crippen LogP contribution in [0.1, 0.15) is 33.3 Å². The first-order chi connectivity index (χ1) is 15.3. The van der Waals surface area contributed by atoms with Crippen LogP contribution in [0.15, 0.2) is 60.8 Å². The summed E-state index contributed by atoms with van der Waals surface area (Å²) in [4.78, 5) is 25.2. The van der Waals surface area contributed by atoms with Gasteiger partial charge in [0.05, 0.1) is 33.3 Å². The highest BCUT2D eigenvalue weighted by atomic mass is 35.5. The molecule has 0 saturated heterocycles. The average Bonchev–Trinajstić information content (AvgIpc) is 3.08. The molecule has 0 aliphatic rings. The Balaban J connectivity index is 1.90. The van der Waals surface area contributed by atoms with Gasteiger partial charge in [-0.15, -0.1) is 0 Å². The Labute approximate surface area is 191 Å². The van der Waals surface area contributed by atoms with E-state index in [0.29, 0.717) is 16.6 Å². The van der Waals surface area contributed by atoms with Crippen LogP contribution < -0.4 is 0 Å². The van der Waals surface area contributed by atoms with Gasteiger partial charge in [-0.05, 0) is 48.9 Å². The second-order valence-corrected chi connectivity index (χ2v) is 7.62. The van der Waals surface area contributed by atoms with Crippen molar-refractivity contribution in [3.8, 4) is 11.1 Å². The summed E-state index contributed by atoms with van der Waals surface area (Å²) in [7, 11) is 0. The molecule has 0 spiro atoms. The number of aromatic nitrogens is 1. The molecule has 162 valence electrons. The van der Waals surface area contributed by atoms with Gasteiger partial charge < -0.3 is 9.14 Å². The van der Waals surface area contributed by atoms with E-state index in [1.807, 2.05) is 0 Å². The molecule has 0 unspecified atom stereocenters. The van der Waals surface area contributed by atoms with E-state index in [0.717, 1.165) is 6.07 Å². The maximum atomic E-state index is 15.7. The zero-order chi connectivity index (χ0) is 23.0. The van der Waals surface area contributed by atoms with Crippen molar-refractivity contribution in [3.05, 3.63) is 99.3 Å². The highest BCUT2D eigenvalue weighted by Crippen LogP contribution is 2.36. The minimum atomic E-state index is -0.854. The van der Waals surface area contributed by atoms with E-state index in [1.165, 1.54) is 28.8 Å². The van der Waals surface area contributed by atoms with E-state index >= 15 is 4.39 Å². The SMILES string of the molecule is CCOC(=O)c1ccc(-c2c(F)c(C(=O)c3c(Cl)ccc(F)c3Cl)n3ccccc23)cc1. The van der Waals surface area contributed by atoms with Gasteiger partial charge in [0.2, 0.25) is 5.78 Å². The van der Waals surface area contributed by atoms with Gasteiger partial charge in [-0.2, -0.15) is 0 Å². The molecule has 0 fully saturated rings. The maximum Gasteiger partial charge on any atom is 0.338 e. The first kappa shape index (κ1) is 22.0. The number of ketones is 1. The predicted molar refractivity (Wildman–Crippen MR) is 119 cm³/mol. The molecule has 4 rings (SSSR count). The topological polar surface area (TPSA) is 47.8 Å². The number of hydrogen-bond donors (Lipinski definition) is 0. The van der Waals surface area contributed by atoms with Crippen LogP contribution >= 0.6 is 23.2 Å². The van der Waals surface area contributed by atoms with E-state index < -0.39 is 28.4 Å². The molecule has 32 heavy (non-hydrogen) atoms. The van der Waals surface area contributed by atoms with E-state index in [9.17, 15) is 14.0 Å². The lowest BCUT2D eigenvalue weighted by atomic mass is 10.0. The van der Waals surface area contributed by atoms with Crippen LogP contribution in [0, 0.1) is 11.6 Å². The maximum absolute atomic E-state index is 15.7. The predicted octanol–water partition coefficient (Wildman–Crippen LogP) is 6.60. The van der Waals surface area contributed by atoms with Crippen molar-refractivity contribution < 1.29 is 23.1 Å². The van der Waals surface area contributed by atoms with Crippen molar-refractivity contribution in [2.24, 2.45) is 0 Å². The molecule has 4 aromatic rings. The quantitative estimate of drug-likeness (QED) is 0.186. The number of halogens is 4. The third-order valence-corrected chi connectivity index (χ3v) is 5.64. The highest BCUT2D eigenvalue weighted by Gasteiger charge is 2.29. The molecule has 2 heterocycles. The molecule has 0 aliphatic carbocycles. The number of hydrogen-bond acceptors (Lipinski definition) is 3. The van der Waals surface area contributed by atoms with Gasteiger partial charge in [0.25, 0.3) is 0 Å². The lowest BCUT2D eigenvalue weighted by molar-refractivity contribution is 0.0526. The summed E-state index contributed by atoms with van der Waals surface area (Å²) < 4.78 is 36.1. The van der Waals surface area contributed by atoms with Crippen molar-refractivity contribution in [3.63, 3.8) is 0 Å². The molecule has 2 aromatic heterocycles. The Kier molecular flexibility index (Phi) is 6.00. The second-order valence-electron chi connectivity index (χ2n) is 6.84. The van der Waals surface area contributed by atoms with Gasteiger partial charge in [0.15, 0.2) is 5.82 Å². The van der Waals surface area contributed by atoms with Gasteiger partial charge in [-0.3, -0.25) is 4.79 Å². The summed E-state index contributed by atoms with van der Waals surface area (Å²) in [6.07, 6.45) is 1.52. The fourth-order valence-electron chi connectivity index (χ4n) is 3.50. The third kappa shape index (κ3) is 3.66. The van der Waals surface area contributed by atoms with Crippen molar-refractivity contribution in [2.75, 3.05) is 6.61 Å². The number of carbonyl (C=O) groups is 2. The molecule has 0 amide bonds. The number of ether oxygens (including phenoxy) is 1. The molecule has 0 N–H and O–H groups in total. The zero-order valence-corrected chi connectivity index (χ0v) is 18.2. The number of nitrogens with zero attached hydrogens (tertiary/aromatic N) is 1. The molecular weight excluding hydrogens is 459 g/mol.